The van der Waals surface area contributed by atoms with Gasteiger partial charge in [0.05, 0.1) is 0 Å². The van der Waals surface area contributed by atoms with Gasteiger partial charge < -0.3 is 4.74 Å². The van der Waals surface area contributed by atoms with Crippen LogP contribution in [0.5, 0.6) is 0 Å². The number of hydrogen-bond donors (Lipinski definition) is 1. The van der Waals surface area contributed by atoms with E-state index in [1.807, 2.05) is 0 Å². The first kappa shape index (κ1) is 11.0. The van der Waals surface area contributed by atoms with Crippen LogP contribution < -0.4 is 5.73 Å². The van der Waals surface area contributed by atoms with Gasteiger partial charge in [0, 0.05) is 0 Å². The Labute approximate surface area is 92.9 Å². The van der Waals surface area contributed by atoms with Gasteiger partial charge in [0.25, 0.3) is 0 Å². The fraction of sp³-hybridized carbons (Fsp3) is 0.846. The van der Waals surface area contributed by atoms with E-state index in [1.54, 1.807) is 0 Å². The van der Waals surface area contributed by atoms with Crippen LogP contribution >= 0.6 is 0 Å². The van der Waals surface area contributed by atoms with Gasteiger partial charge in [-0.2, -0.15) is 0 Å². The Bertz CT molecular complexity index is 259. The predicted molar refractivity (Wildman–Crippen MR) is 62.1 cm³/mol. The largest absolute Gasteiger partial charge is 0.467 e. The van der Waals surface area contributed by atoms with Gasteiger partial charge in [0.2, 0.25) is 6.23 Å². The van der Waals surface area contributed by atoms with Gasteiger partial charge in [-0.1, -0.05) is 20.3 Å². The molecule has 2 N–H and O–H groups in total. The average molecular weight is 209 g/mol. The van der Waals surface area contributed by atoms with Gasteiger partial charge in [0.1, 0.15) is 0 Å². The molecule has 2 rings (SSSR count). The van der Waals surface area contributed by atoms with Crippen LogP contribution in [0.25, 0.3) is 0 Å². The number of hydrogen-bond acceptors (Lipinski definition) is 2. The Hall–Kier alpha value is -0.500. The van der Waals surface area contributed by atoms with E-state index < -0.39 is 0 Å². The lowest BCUT2D eigenvalue weighted by molar-refractivity contribution is 0.326. The molecule has 15 heavy (non-hydrogen) atoms. The van der Waals surface area contributed by atoms with E-state index in [0.717, 1.165) is 17.6 Å². The molecular formula is C13H23NO. The highest BCUT2D eigenvalue weighted by atomic mass is 16.6. The quantitative estimate of drug-likeness (QED) is 0.725. The smallest absolute Gasteiger partial charge is 0.205 e. The van der Waals surface area contributed by atoms with Crippen molar-refractivity contribution < 1.29 is 4.74 Å². The molecule has 2 fully saturated rings. The average Bonchev–Trinajstić information content (AvgIpc) is 2.96. The van der Waals surface area contributed by atoms with E-state index in [1.165, 1.54) is 44.1 Å². The fourth-order valence-corrected chi connectivity index (χ4v) is 2.70. The van der Waals surface area contributed by atoms with Crippen LogP contribution in [0.1, 0.15) is 52.4 Å². The van der Waals surface area contributed by atoms with Crippen LogP contribution in [0.3, 0.4) is 0 Å². The van der Waals surface area contributed by atoms with Crippen LogP contribution in [-0.2, 0) is 4.74 Å². The molecule has 3 unspecified atom stereocenters. The molecule has 1 heterocycles. The molecule has 1 saturated heterocycles. The van der Waals surface area contributed by atoms with E-state index in [2.05, 4.69) is 13.8 Å². The molecule has 2 aliphatic rings. The molecule has 0 aromatic carbocycles. The third-order valence-electron chi connectivity index (χ3n) is 3.86. The highest BCUT2D eigenvalue weighted by Crippen LogP contribution is 2.39. The zero-order valence-corrected chi connectivity index (χ0v) is 9.96. The third-order valence-corrected chi connectivity index (χ3v) is 3.86. The number of rotatable bonds is 3. The maximum absolute atomic E-state index is 5.69. The monoisotopic (exact) mass is 209 g/mol. The molecule has 3 atom stereocenters. The topological polar surface area (TPSA) is 38.5 Å². The van der Waals surface area contributed by atoms with E-state index in [-0.39, 0.29) is 6.23 Å². The molecule has 2 nitrogen and oxygen atoms in total. The Morgan fingerprint density at radius 1 is 1.53 bits per heavy atom. The standard InChI is InChI=1S/C13H23NO/c1-3-9(2)7-10-5-4-6-11(8-10)12-13(14)15-12/h9-10,13H,3-8,14H2,1-2H3/b12-11-. The van der Waals surface area contributed by atoms with Crippen molar-refractivity contribution in [3.63, 3.8) is 0 Å². The van der Waals surface area contributed by atoms with Crippen LogP contribution in [-0.4, -0.2) is 6.23 Å². The molecule has 0 radical (unpaired) electrons. The van der Waals surface area contributed by atoms with Crippen molar-refractivity contribution in [1.29, 1.82) is 0 Å². The highest BCUT2D eigenvalue weighted by molar-refractivity contribution is 5.22. The highest BCUT2D eigenvalue weighted by Gasteiger charge is 2.34. The van der Waals surface area contributed by atoms with Crippen LogP contribution in [0, 0.1) is 11.8 Å². The SMILES string of the molecule is CCC(C)CC1CCC/C(=C2/OC2N)C1. The van der Waals surface area contributed by atoms with Crippen molar-refractivity contribution in [3.05, 3.63) is 11.3 Å². The number of allylic oxidation sites excluding steroid dienone is 1. The summed E-state index contributed by atoms with van der Waals surface area (Å²) >= 11 is 0. The van der Waals surface area contributed by atoms with Gasteiger partial charge in [-0.25, -0.2) is 0 Å². The van der Waals surface area contributed by atoms with E-state index in [4.69, 9.17) is 10.5 Å². The fourth-order valence-electron chi connectivity index (χ4n) is 2.70. The molecule has 0 bridgehead atoms. The molecule has 1 aliphatic carbocycles. The van der Waals surface area contributed by atoms with Gasteiger partial charge >= 0.3 is 0 Å². The maximum Gasteiger partial charge on any atom is 0.205 e. The van der Waals surface area contributed by atoms with Crippen molar-refractivity contribution in [2.45, 2.75) is 58.6 Å². The summed E-state index contributed by atoms with van der Waals surface area (Å²) in [5.41, 5.74) is 7.21. The summed E-state index contributed by atoms with van der Waals surface area (Å²) in [6.07, 6.45) is 7.82. The first-order valence-electron chi connectivity index (χ1n) is 6.34. The van der Waals surface area contributed by atoms with E-state index in [0.29, 0.717) is 0 Å². The Kier molecular flexibility index (Phi) is 3.35. The molecule has 0 aromatic heterocycles. The van der Waals surface area contributed by atoms with Crippen LogP contribution in [0.2, 0.25) is 0 Å². The first-order valence-corrected chi connectivity index (χ1v) is 6.34. The minimum absolute atomic E-state index is 0.0534. The summed E-state index contributed by atoms with van der Waals surface area (Å²) in [6, 6.07) is 0. The van der Waals surface area contributed by atoms with E-state index >= 15 is 0 Å². The molecular weight excluding hydrogens is 186 g/mol. The normalized spacial score (nSPS) is 37.3. The van der Waals surface area contributed by atoms with Crippen LogP contribution in [0.15, 0.2) is 11.3 Å². The van der Waals surface area contributed by atoms with Crippen LogP contribution in [0.4, 0.5) is 0 Å². The number of nitrogens with two attached hydrogens (primary N) is 1. The zero-order valence-electron chi connectivity index (χ0n) is 9.96. The molecule has 86 valence electrons. The molecule has 1 saturated carbocycles. The van der Waals surface area contributed by atoms with Gasteiger partial charge in [-0.05, 0) is 49.5 Å². The summed E-state index contributed by atoms with van der Waals surface area (Å²) in [5, 5.41) is 0. The lowest BCUT2D eigenvalue weighted by atomic mass is 9.80. The second-order valence-electron chi connectivity index (χ2n) is 5.22. The predicted octanol–water partition coefficient (Wildman–Crippen LogP) is 3.18. The van der Waals surface area contributed by atoms with Crippen molar-refractivity contribution in [1.82, 2.24) is 0 Å². The summed E-state index contributed by atoms with van der Waals surface area (Å²) in [4.78, 5) is 0. The molecule has 2 heteroatoms. The number of epoxide rings is 1. The lowest BCUT2D eigenvalue weighted by Crippen LogP contribution is -2.12. The molecule has 0 aromatic rings. The van der Waals surface area contributed by atoms with Gasteiger partial charge in [-0.3, -0.25) is 5.73 Å². The second kappa shape index (κ2) is 4.56. The van der Waals surface area contributed by atoms with E-state index in [9.17, 15) is 0 Å². The van der Waals surface area contributed by atoms with Crippen molar-refractivity contribution in [3.8, 4) is 0 Å². The first-order chi connectivity index (χ1) is 7.20. The summed E-state index contributed by atoms with van der Waals surface area (Å²) in [6.45, 7) is 4.65. The maximum atomic E-state index is 5.69. The summed E-state index contributed by atoms with van der Waals surface area (Å²) < 4.78 is 5.29. The van der Waals surface area contributed by atoms with Crippen molar-refractivity contribution in [2.75, 3.05) is 0 Å². The van der Waals surface area contributed by atoms with Gasteiger partial charge in [-0.15, -0.1) is 0 Å². The second-order valence-corrected chi connectivity index (χ2v) is 5.22. The minimum atomic E-state index is -0.0534. The Morgan fingerprint density at radius 2 is 2.27 bits per heavy atom. The summed E-state index contributed by atoms with van der Waals surface area (Å²) in [5.74, 6) is 2.87. The lowest BCUT2D eigenvalue weighted by Gasteiger charge is -2.25. The summed E-state index contributed by atoms with van der Waals surface area (Å²) in [7, 11) is 0. The minimum Gasteiger partial charge on any atom is -0.467 e. The van der Waals surface area contributed by atoms with Crippen molar-refractivity contribution >= 4 is 0 Å². The third kappa shape index (κ3) is 2.75. The number of ether oxygens (including phenoxy) is 1. The molecule has 0 amide bonds. The molecule has 1 aliphatic heterocycles. The van der Waals surface area contributed by atoms with Gasteiger partial charge in [0.15, 0.2) is 5.76 Å². The zero-order chi connectivity index (χ0) is 10.8. The van der Waals surface area contributed by atoms with Crippen molar-refractivity contribution in [2.24, 2.45) is 17.6 Å². The molecule has 0 spiro atoms. The Balaban J connectivity index is 1.88. The Morgan fingerprint density at radius 3 is 2.87 bits per heavy atom.